The third-order valence-corrected chi connectivity index (χ3v) is 4.13. The fraction of sp³-hybridized carbons (Fsp3) is 0.467. The van der Waals surface area contributed by atoms with Gasteiger partial charge in [0.15, 0.2) is 0 Å². The summed E-state index contributed by atoms with van der Waals surface area (Å²) < 4.78 is 0. The number of carbonyl (C=O) groups is 2. The number of hydrogen-bond acceptors (Lipinski definition) is 3. The lowest BCUT2D eigenvalue weighted by Gasteiger charge is -2.15. The number of thioether (sulfide) groups is 1. The predicted octanol–water partition coefficient (Wildman–Crippen LogP) is 3.83. The summed E-state index contributed by atoms with van der Waals surface area (Å²) in [4.78, 5) is 24.3. The van der Waals surface area contributed by atoms with E-state index in [-0.39, 0.29) is 0 Å². The number of benzene rings is 1. The highest BCUT2D eigenvalue weighted by molar-refractivity contribution is 7.99. The molecule has 21 heavy (non-hydrogen) atoms. The second-order valence-electron chi connectivity index (χ2n) is 4.58. The molecule has 1 atom stereocenters. The van der Waals surface area contributed by atoms with Crippen molar-refractivity contribution in [2.75, 3.05) is 5.75 Å². The Bertz CT molecular complexity index is 508. The number of amides is 1. The smallest absolute Gasteiger partial charge is 0.326 e. The lowest BCUT2D eigenvalue weighted by atomic mass is 10.1. The third-order valence-electron chi connectivity index (χ3n) is 2.94. The summed E-state index contributed by atoms with van der Waals surface area (Å²) in [5, 5.41) is 12.2. The average Bonchev–Trinajstić information content (AvgIpc) is 2.45. The first-order chi connectivity index (χ1) is 9.99. The molecule has 1 rings (SSSR count). The molecule has 1 aromatic carbocycles. The molecule has 0 fully saturated rings. The van der Waals surface area contributed by atoms with Crippen LogP contribution in [0.25, 0.3) is 0 Å². The second-order valence-corrected chi connectivity index (χ2v) is 6.32. The van der Waals surface area contributed by atoms with Gasteiger partial charge in [0.25, 0.3) is 5.91 Å². The quantitative estimate of drug-likeness (QED) is 0.711. The van der Waals surface area contributed by atoms with Crippen LogP contribution in [0.3, 0.4) is 0 Å². The maximum atomic E-state index is 12.3. The van der Waals surface area contributed by atoms with E-state index >= 15 is 0 Å². The third kappa shape index (κ3) is 5.59. The van der Waals surface area contributed by atoms with Gasteiger partial charge in [-0.15, -0.1) is 11.8 Å². The van der Waals surface area contributed by atoms with Gasteiger partial charge in [0.05, 0.1) is 5.56 Å². The monoisotopic (exact) mass is 329 g/mol. The van der Waals surface area contributed by atoms with Gasteiger partial charge in [-0.3, -0.25) is 4.79 Å². The molecule has 4 nitrogen and oxygen atoms in total. The first kappa shape index (κ1) is 17.9. The van der Waals surface area contributed by atoms with E-state index in [0.29, 0.717) is 17.0 Å². The Labute approximate surface area is 134 Å². The molecular weight excluding hydrogens is 310 g/mol. The van der Waals surface area contributed by atoms with Crippen molar-refractivity contribution >= 4 is 35.2 Å². The molecule has 1 aromatic rings. The molecule has 116 valence electrons. The molecule has 2 N–H and O–H groups in total. The number of nitrogens with one attached hydrogen (secondary N) is 1. The Morgan fingerprint density at radius 2 is 2.10 bits per heavy atom. The van der Waals surface area contributed by atoms with Crippen LogP contribution in [0.4, 0.5) is 0 Å². The Hall–Kier alpha value is -1.20. The minimum Gasteiger partial charge on any atom is -0.480 e. The highest BCUT2D eigenvalue weighted by atomic mass is 35.5. The van der Waals surface area contributed by atoms with Crippen LogP contribution in [-0.4, -0.2) is 28.8 Å². The number of halogens is 1. The molecule has 0 radical (unpaired) electrons. The number of carbonyl (C=O) groups excluding carboxylic acids is 1. The van der Waals surface area contributed by atoms with Crippen molar-refractivity contribution in [2.24, 2.45) is 0 Å². The Kier molecular flexibility index (Phi) is 7.61. The van der Waals surface area contributed by atoms with Gasteiger partial charge in [-0.1, -0.05) is 38.3 Å². The molecule has 0 saturated heterocycles. The van der Waals surface area contributed by atoms with Crippen LogP contribution in [0.2, 0.25) is 5.02 Å². The summed E-state index contributed by atoms with van der Waals surface area (Å²) in [6.45, 7) is 3.97. The van der Waals surface area contributed by atoms with Gasteiger partial charge in [0.2, 0.25) is 0 Å². The van der Waals surface area contributed by atoms with E-state index in [9.17, 15) is 14.7 Å². The minimum atomic E-state index is -1.01. The van der Waals surface area contributed by atoms with Gasteiger partial charge in [-0.05, 0) is 30.4 Å². The zero-order valence-corrected chi connectivity index (χ0v) is 13.8. The van der Waals surface area contributed by atoms with Crippen molar-refractivity contribution in [3.05, 3.63) is 28.8 Å². The lowest BCUT2D eigenvalue weighted by molar-refractivity contribution is -0.139. The van der Waals surface area contributed by atoms with Gasteiger partial charge in [-0.25, -0.2) is 4.79 Å². The van der Waals surface area contributed by atoms with Crippen LogP contribution in [-0.2, 0) is 4.79 Å². The Morgan fingerprint density at radius 3 is 2.67 bits per heavy atom. The molecule has 0 aliphatic heterocycles. The molecule has 0 saturated carbocycles. The van der Waals surface area contributed by atoms with Gasteiger partial charge >= 0.3 is 5.97 Å². The molecule has 6 heteroatoms. The number of carboxylic acid groups (broad SMARTS) is 1. The number of rotatable bonds is 8. The van der Waals surface area contributed by atoms with Crippen molar-refractivity contribution in [3.63, 3.8) is 0 Å². The first-order valence-corrected chi connectivity index (χ1v) is 8.32. The standard InChI is InChI=1S/C15H20ClNO3S/c1-3-5-6-12(15(19)20)17-14(18)11-9-10(16)7-8-13(11)21-4-2/h7-9,12H,3-6H2,1-2H3,(H,17,18)(H,19,20)/t12-/m0/s1. The molecule has 0 aliphatic rings. The molecule has 0 heterocycles. The number of carboxylic acids is 1. The summed E-state index contributed by atoms with van der Waals surface area (Å²) in [5.41, 5.74) is 0.428. The first-order valence-electron chi connectivity index (χ1n) is 6.95. The van der Waals surface area contributed by atoms with Crippen LogP contribution in [0.5, 0.6) is 0 Å². The summed E-state index contributed by atoms with van der Waals surface area (Å²) in [6.07, 6.45) is 2.06. The summed E-state index contributed by atoms with van der Waals surface area (Å²) in [7, 11) is 0. The molecule has 0 aromatic heterocycles. The molecule has 0 aliphatic carbocycles. The summed E-state index contributed by atoms with van der Waals surface area (Å²) >= 11 is 7.46. The number of unbranched alkanes of at least 4 members (excludes halogenated alkanes) is 1. The van der Waals surface area contributed by atoms with Crippen LogP contribution < -0.4 is 5.32 Å². The second kappa shape index (κ2) is 8.95. The van der Waals surface area contributed by atoms with E-state index in [2.05, 4.69) is 5.32 Å². The van der Waals surface area contributed by atoms with E-state index in [0.717, 1.165) is 23.5 Å². The molecular formula is C15H20ClNO3S. The molecule has 0 bridgehead atoms. The minimum absolute atomic E-state index is 0.392. The van der Waals surface area contributed by atoms with Crippen LogP contribution in [0, 0.1) is 0 Å². The molecule has 0 unspecified atom stereocenters. The average molecular weight is 330 g/mol. The van der Waals surface area contributed by atoms with E-state index < -0.39 is 17.9 Å². The summed E-state index contributed by atoms with van der Waals surface area (Å²) in [6, 6.07) is 4.22. The number of aliphatic carboxylic acids is 1. The zero-order chi connectivity index (χ0) is 15.8. The van der Waals surface area contributed by atoms with Crippen molar-refractivity contribution < 1.29 is 14.7 Å². The maximum absolute atomic E-state index is 12.3. The molecule has 0 spiro atoms. The van der Waals surface area contributed by atoms with E-state index in [1.165, 1.54) is 11.8 Å². The summed E-state index contributed by atoms with van der Waals surface area (Å²) in [5.74, 6) is -0.583. The predicted molar refractivity (Wildman–Crippen MR) is 86.3 cm³/mol. The van der Waals surface area contributed by atoms with E-state index in [4.69, 9.17) is 11.6 Å². The fourth-order valence-electron chi connectivity index (χ4n) is 1.86. The zero-order valence-electron chi connectivity index (χ0n) is 12.2. The van der Waals surface area contributed by atoms with Crippen LogP contribution in [0.1, 0.15) is 43.5 Å². The normalized spacial score (nSPS) is 12.0. The van der Waals surface area contributed by atoms with Crippen LogP contribution >= 0.6 is 23.4 Å². The SMILES string of the molecule is CCCC[C@H](NC(=O)c1cc(Cl)ccc1SCC)C(=O)O. The highest BCUT2D eigenvalue weighted by Crippen LogP contribution is 2.25. The Morgan fingerprint density at radius 1 is 1.38 bits per heavy atom. The van der Waals surface area contributed by atoms with Gasteiger partial charge < -0.3 is 10.4 Å². The van der Waals surface area contributed by atoms with E-state index in [1.807, 2.05) is 13.8 Å². The van der Waals surface area contributed by atoms with Crippen molar-refractivity contribution in [2.45, 2.75) is 44.0 Å². The fourth-order valence-corrected chi connectivity index (χ4v) is 2.82. The van der Waals surface area contributed by atoms with Crippen LogP contribution in [0.15, 0.2) is 23.1 Å². The van der Waals surface area contributed by atoms with E-state index in [1.54, 1.807) is 18.2 Å². The van der Waals surface area contributed by atoms with Crippen molar-refractivity contribution in [1.29, 1.82) is 0 Å². The topological polar surface area (TPSA) is 66.4 Å². The highest BCUT2D eigenvalue weighted by Gasteiger charge is 2.21. The Balaban J connectivity index is 2.90. The van der Waals surface area contributed by atoms with Gasteiger partial charge in [0.1, 0.15) is 6.04 Å². The largest absolute Gasteiger partial charge is 0.480 e. The molecule has 1 amide bonds. The lowest BCUT2D eigenvalue weighted by Crippen LogP contribution is -2.40. The van der Waals surface area contributed by atoms with Gasteiger partial charge in [0, 0.05) is 9.92 Å². The number of hydrogen-bond donors (Lipinski definition) is 2. The maximum Gasteiger partial charge on any atom is 0.326 e. The van der Waals surface area contributed by atoms with Gasteiger partial charge in [-0.2, -0.15) is 0 Å². The van der Waals surface area contributed by atoms with Crippen molar-refractivity contribution in [3.8, 4) is 0 Å². The van der Waals surface area contributed by atoms with Crippen molar-refractivity contribution in [1.82, 2.24) is 5.32 Å².